The maximum absolute atomic E-state index is 12.4. The van der Waals surface area contributed by atoms with Gasteiger partial charge in [0, 0.05) is 11.3 Å². The van der Waals surface area contributed by atoms with Crippen LogP contribution < -0.4 is 10.1 Å². The Hall–Kier alpha value is -3.60. The summed E-state index contributed by atoms with van der Waals surface area (Å²) < 4.78 is 11.6. The van der Waals surface area contributed by atoms with E-state index in [1.54, 1.807) is 0 Å². The van der Waals surface area contributed by atoms with Gasteiger partial charge in [0.15, 0.2) is 12.2 Å². The third-order valence-corrected chi connectivity index (χ3v) is 5.31. The molecule has 1 N–H and O–H groups in total. The van der Waals surface area contributed by atoms with Gasteiger partial charge in [-0.15, -0.1) is 0 Å². The summed E-state index contributed by atoms with van der Waals surface area (Å²) in [5, 5.41) is 2.88. The first-order chi connectivity index (χ1) is 14.4. The lowest BCUT2D eigenvalue weighted by Gasteiger charge is -2.11. The summed E-state index contributed by atoms with van der Waals surface area (Å²) in [5.41, 5.74) is 7.54. The van der Waals surface area contributed by atoms with Crippen molar-refractivity contribution >= 4 is 22.7 Å². The largest absolute Gasteiger partial charge is 0.483 e. The fourth-order valence-corrected chi connectivity index (χ4v) is 3.25. The number of carbonyl (C=O) groups is 1. The van der Waals surface area contributed by atoms with Crippen LogP contribution in [0.2, 0.25) is 0 Å². The second-order valence-corrected chi connectivity index (χ2v) is 7.54. The predicted molar refractivity (Wildman–Crippen MR) is 119 cm³/mol. The van der Waals surface area contributed by atoms with Crippen molar-refractivity contribution in [1.82, 2.24) is 4.98 Å². The minimum atomic E-state index is -0.225. The van der Waals surface area contributed by atoms with Crippen LogP contribution in [0.1, 0.15) is 22.3 Å². The van der Waals surface area contributed by atoms with Gasteiger partial charge in [0.05, 0.1) is 0 Å². The van der Waals surface area contributed by atoms with Crippen LogP contribution in [0.15, 0.2) is 59.0 Å². The Morgan fingerprint density at radius 1 is 0.967 bits per heavy atom. The highest BCUT2D eigenvalue weighted by Crippen LogP contribution is 2.28. The standard InChI is InChI=1S/C25H24N2O3/c1-15-7-5-10-22(18(15)4)29-14-24(28)26-20-9-6-8-19(13-20)25-27-21-11-16(2)17(3)12-23(21)30-25/h5-13H,14H2,1-4H3,(H,26,28). The fraction of sp³-hybridized carbons (Fsp3) is 0.200. The number of hydrogen-bond acceptors (Lipinski definition) is 4. The number of rotatable bonds is 5. The molecule has 0 aliphatic rings. The molecule has 0 spiro atoms. The quantitative estimate of drug-likeness (QED) is 0.463. The topological polar surface area (TPSA) is 64.4 Å². The van der Waals surface area contributed by atoms with Crippen LogP contribution in [-0.2, 0) is 4.79 Å². The lowest BCUT2D eigenvalue weighted by molar-refractivity contribution is -0.118. The molecule has 0 fully saturated rings. The summed E-state index contributed by atoms with van der Waals surface area (Å²) in [5.74, 6) is 1.02. The molecule has 5 heteroatoms. The molecular weight excluding hydrogens is 376 g/mol. The zero-order chi connectivity index (χ0) is 21.3. The lowest BCUT2D eigenvalue weighted by Crippen LogP contribution is -2.20. The van der Waals surface area contributed by atoms with E-state index < -0.39 is 0 Å². The number of aromatic nitrogens is 1. The minimum Gasteiger partial charge on any atom is -0.483 e. The van der Waals surface area contributed by atoms with E-state index in [-0.39, 0.29) is 12.5 Å². The summed E-state index contributed by atoms with van der Waals surface area (Å²) >= 11 is 0. The summed E-state index contributed by atoms with van der Waals surface area (Å²) in [7, 11) is 0. The van der Waals surface area contributed by atoms with Gasteiger partial charge in [0.1, 0.15) is 11.3 Å². The number of amides is 1. The lowest BCUT2D eigenvalue weighted by atomic mass is 10.1. The Kier molecular flexibility index (Phi) is 5.27. The van der Waals surface area contributed by atoms with Crippen LogP contribution in [0.25, 0.3) is 22.6 Å². The van der Waals surface area contributed by atoms with Gasteiger partial charge in [0.2, 0.25) is 5.89 Å². The molecule has 152 valence electrons. The van der Waals surface area contributed by atoms with E-state index in [0.717, 1.165) is 39.1 Å². The summed E-state index contributed by atoms with van der Waals surface area (Å²) in [6.07, 6.45) is 0. The number of fused-ring (bicyclic) bond motifs is 1. The molecule has 0 atom stereocenters. The minimum absolute atomic E-state index is 0.0596. The number of oxazole rings is 1. The second-order valence-electron chi connectivity index (χ2n) is 7.54. The highest BCUT2D eigenvalue weighted by Gasteiger charge is 2.12. The number of ether oxygens (including phenoxy) is 1. The number of anilines is 1. The van der Waals surface area contributed by atoms with E-state index in [2.05, 4.69) is 17.2 Å². The molecule has 0 saturated heterocycles. The van der Waals surface area contributed by atoms with Crippen molar-refractivity contribution in [3.05, 3.63) is 76.9 Å². The van der Waals surface area contributed by atoms with Gasteiger partial charge in [-0.3, -0.25) is 4.79 Å². The Morgan fingerprint density at radius 2 is 1.73 bits per heavy atom. The van der Waals surface area contributed by atoms with E-state index >= 15 is 0 Å². The highest BCUT2D eigenvalue weighted by atomic mass is 16.5. The SMILES string of the molecule is Cc1cc2nc(-c3cccc(NC(=O)COc4cccc(C)c4C)c3)oc2cc1C. The summed E-state index contributed by atoms with van der Waals surface area (Å²) in [6.45, 7) is 8.04. The zero-order valence-corrected chi connectivity index (χ0v) is 17.6. The van der Waals surface area contributed by atoms with Gasteiger partial charge < -0.3 is 14.5 Å². The Labute approximate surface area is 175 Å². The third-order valence-electron chi connectivity index (χ3n) is 5.31. The molecule has 0 aliphatic heterocycles. The van der Waals surface area contributed by atoms with Crippen LogP contribution in [0.3, 0.4) is 0 Å². The summed E-state index contributed by atoms with van der Waals surface area (Å²) in [4.78, 5) is 17.0. The van der Waals surface area contributed by atoms with Crippen molar-refractivity contribution in [2.45, 2.75) is 27.7 Å². The number of nitrogens with zero attached hydrogens (tertiary/aromatic N) is 1. The van der Waals surface area contributed by atoms with Crippen molar-refractivity contribution in [3.63, 3.8) is 0 Å². The van der Waals surface area contributed by atoms with Gasteiger partial charge >= 0.3 is 0 Å². The number of benzene rings is 3. The first-order valence-corrected chi connectivity index (χ1v) is 9.88. The number of nitrogens with one attached hydrogen (secondary N) is 1. The van der Waals surface area contributed by atoms with Crippen molar-refractivity contribution < 1.29 is 13.9 Å². The Bertz CT molecular complexity index is 1200. The molecular formula is C25H24N2O3. The van der Waals surface area contributed by atoms with E-state index in [1.165, 1.54) is 5.56 Å². The predicted octanol–water partition coefficient (Wildman–Crippen LogP) is 5.75. The molecule has 0 saturated carbocycles. The van der Waals surface area contributed by atoms with Gasteiger partial charge in [-0.25, -0.2) is 4.98 Å². The smallest absolute Gasteiger partial charge is 0.262 e. The van der Waals surface area contributed by atoms with Crippen molar-refractivity contribution in [1.29, 1.82) is 0 Å². The Morgan fingerprint density at radius 3 is 2.57 bits per heavy atom. The van der Waals surface area contributed by atoms with Crippen molar-refractivity contribution in [3.8, 4) is 17.2 Å². The van der Waals surface area contributed by atoms with Crippen LogP contribution in [-0.4, -0.2) is 17.5 Å². The molecule has 4 rings (SSSR count). The number of hydrogen-bond donors (Lipinski definition) is 1. The average Bonchev–Trinajstić information content (AvgIpc) is 3.12. The van der Waals surface area contributed by atoms with Crippen molar-refractivity contribution in [2.75, 3.05) is 11.9 Å². The first kappa shape index (κ1) is 19.7. The van der Waals surface area contributed by atoms with E-state index in [1.807, 2.05) is 75.4 Å². The van der Waals surface area contributed by atoms with E-state index in [4.69, 9.17) is 9.15 Å². The van der Waals surface area contributed by atoms with Gasteiger partial charge in [-0.1, -0.05) is 18.2 Å². The molecule has 1 aromatic heterocycles. The third kappa shape index (κ3) is 4.06. The molecule has 5 nitrogen and oxygen atoms in total. The molecule has 4 aromatic rings. The van der Waals surface area contributed by atoms with Gasteiger partial charge in [-0.05, 0) is 86.3 Å². The highest BCUT2D eigenvalue weighted by molar-refractivity contribution is 5.92. The maximum atomic E-state index is 12.4. The average molecular weight is 400 g/mol. The van der Waals surface area contributed by atoms with E-state index in [9.17, 15) is 4.79 Å². The first-order valence-electron chi connectivity index (χ1n) is 9.88. The van der Waals surface area contributed by atoms with Crippen LogP contribution in [0.5, 0.6) is 5.75 Å². The van der Waals surface area contributed by atoms with Crippen LogP contribution in [0.4, 0.5) is 5.69 Å². The van der Waals surface area contributed by atoms with Gasteiger partial charge in [-0.2, -0.15) is 0 Å². The molecule has 0 aliphatic carbocycles. The van der Waals surface area contributed by atoms with Crippen molar-refractivity contribution in [2.24, 2.45) is 0 Å². The normalized spacial score (nSPS) is 10.9. The second kappa shape index (κ2) is 8.03. The molecule has 0 unspecified atom stereocenters. The van der Waals surface area contributed by atoms with Crippen LogP contribution in [0, 0.1) is 27.7 Å². The molecule has 0 bridgehead atoms. The zero-order valence-electron chi connectivity index (χ0n) is 17.6. The Balaban J connectivity index is 1.48. The van der Waals surface area contributed by atoms with Crippen LogP contribution >= 0.6 is 0 Å². The fourth-order valence-electron chi connectivity index (χ4n) is 3.25. The molecule has 1 heterocycles. The number of aryl methyl sites for hydroxylation is 3. The number of carbonyl (C=O) groups excluding carboxylic acids is 1. The molecule has 0 radical (unpaired) electrons. The molecule has 30 heavy (non-hydrogen) atoms. The summed E-state index contributed by atoms with van der Waals surface area (Å²) in [6, 6.07) is 17.3. The monoisotopic (exact) mass is 400 g/mol. The maximum Gasteiger partial charge on any atom is 0.262 e. The van der Waals surface area contributed by atoms with E-state index in [0.29, 0.717) is 11.6 Å². The van der Waals surface area contributed by atoms with Gasteiger partial charge in [0.25, 0.3) is 5.91 Å². The molecule has 1 amide bonds. The molecule has 3 aromatic carbocycles.